The Labute approximate surface area is 229 Å². The number of azo groups is 1. The molecule has 0 aliphatic rings. The van der Waals surface area contributed by atoms with Crippen molar-refractivity contribution in [1.82, 2.24) is 15.0 Å². The number of rotatable bonds is 12. The summed E-state index contributed by atoms with van der Waals surface area (Å²) in [5.74, 6) is 0.432. The maximum Gasteiger partial charge on any atom is 0.524 e. The van der Waals surface area contributed by atoms with Gasteiger partial charge < -0.3 is 20.9 Å². The number of benzene rings is 3. The molecular formula is C27H28F3N9O. The van der Waals surface area contributed by atoms with E-state index < -0.39 is 13.1 Å². The Morgan fingerprint density at radius 2 is 1.35 bits per heavy atom. The second kappa shape index (κ2) is 13.3. The summed E-state index contributed by atoms with van der Waals surface area (Å²) in [4.78, 5) is 15.2. The maximum absolute atomic E-state index is 12.6. The van der Waals surface area contributed by atoms with Crippen LogP contribution in [0.1, 0.15) is 13.8 Å². The molecule has 0 aliphatic carbocycles. The summed E-state index contributed by atoms with van der Waals surface area (Å²) in [6.45, 7) is 4.61. The normalized spacial score (nSPS) is 11.4. The van der Waals surface area contributed by atoms with Gasteiger partial charge in [0.2, 0.25) is 11.9 Å². The third-order valence-corrected chi connectivity index (χ3v) is 5.54. The highest BCUT2D eigenvalue weighted by Crippen LogP contribution is 2.32. The van der Waals surface area contributed by atoms with Gasteiger partial charge in [-0.05, 0) is 56.3 Å². The first kappa shape index (κ1) is 28.2. The standard InChI is InChI=1S/C27H28F3N9O/c1-3-39(4-2)21-15-16-22(23(17-21)31-18-40-27(28,29)30)37-38-26-35-24(32-19-11-7-5-8-12-19)34-25(36-26)33-20-13-9-6-10-14-20/h5-17,31H,3-4,18H2,1-2H3,(H2,32,33,34,35,36). The van der Waals surface area contributed by atoms with Gasteiger partial charge in [0.1, 0.15) is 12.4 Å². The molecule has 1 aromatic heterocycles. The van der Waals surface area contributed by atoms with Crippen LogP contribution >= 0.6 is 0 Å². The van der Waals surface area contributed by atoms with E-state index in [1.807, 2.05) is 85.5 Å². The minimum atomic E-state index is -4.78. The molecule has 3 N–H and O–H groups in total. The summed E-state index contributed by atoms with van der Waals surface area (Å²) < 4.78 is 41.7. The topological polar surface area (TPSA) is 112 Å². The van der Waals surface area contributed by atoms with Gasteiger partial charge in [-0.2, -0.15) is 15.0 Å². The molecule has 0 atom stereocenters. The lowest BCUT2D eigenvalue weighted by molar-refractivity contribution is -0.321. The van der Waals surface area contributed by atoms with Crippen molar-refractivity contribution in [3.8, 4) is 0 Å². The van der Waals surface area contributed by atoms with Gasteiger partial charge in [0.25, 0.3) is 5.95 Å². The van der Waals surface area contributed by atoms with Crippen LogP contribution in [0.5, 0.6) is 0 Å². The Hall–Kier alpha value is -4.78. The van der Waals surface area contributed by atoms with E-state index in [9.17, 15) is 13.2 Å². The van der Waals surface area contributed by atoms with E-state index in [2.05, 4.69) is 45.9 Å². The van der Waals surface area contributed by atoms with E-state index in [0.29, 0.717) is 5.69 Å². The van der Waals surface area contributed by atoms with Crippen LogP contribution in [-0.4, -0.2) is 41.1 Å². The van der Waals surface area contributed by atoms with Gasteiger partial charge in [-0.25, -0.2) is 0 Å². The van der Waals surface area contributed by atoms with E-state index in [1.165, 1.54) is 0 Å². The molecule has 0 saturated heterocycles. The zero-order valence-corrected chi connectivity index (χ0v) is 21.9. The smallest absolute Gasteiger partial charge is 0.372 e. The average Bonchev–Trinajstić information content (AvgIpc) is 2.93. The van der Waals surface area contributed by atoms with Crippen molar-refractivity contribution in [3.63, 3.8) is 0 Å². The van der Waals surface area contributed by atoms with Crippen LogP contribution in [0.15, 0.2) is 89.1 Å². The number of hydrogen-bond donors (Lipinski definition) is 3. The third kappa shape index (κ3) is 8.36. The van der Waals surface area contributed by atoms with E-state index in [1.54, 1.807) is 12.1 Å². The predicted octanol–water partition coefficient (Wildman–Crippen LogP) is 7.53. The lowest BCUT2D eigenvalue weighted by atomic mass is 10.2. The minimum Gasteiger partial charge on any atom is -0.372 e. The van der Waals surface area contributed by atoms with Crippen molar-refractivity contribution in [1.29, 1.82) is 0 Å². The highest BCUT2D eigenvalue weighted by molar-refractivity contribution is 5.71. The fourth-order valence-electron chi connectivity index (χ4n) is 3.65. The molecule has 0 amide bonds. The first-order valence-corrected chi connectivity index (χ1v) is 12.5. The molecule has 1 heterocycles. The molecule has 10 nitrogen and oxygen atoms in total. The van der Waals surface area contributed by atoms with E-state index in [4.69, 9.17) is 0 Å². The number of alkyl halides is 3. The Morgan fingerprint density at radius 3 is 1.88 bits per heavy atom. The molecule has 0 unspecified atom stereocenters. The molecule has 0 radical (unpaired) electrons. The van der Waals surface area contributed by atoms with Gasteiger partial charge in [-0.15, -0.1) is 23.4 Å². The van der Waals surface area contributed by atoms with Crippen molar-refractivity contribution in [2.45, 2.75) is 20.2 Å². The third-order valence-electron chi connectivity index (χ3n) is 5.54. The number of aromatic nitrogens is 3. The van der Waals surface area contributed by atoms with E-state index >= 15 is 0 Å². The SMILES string of the molecule is CCN(CC)c1ccc(N=Nc2nc(Nc3ccccc3)nc(Nc3ccccc3)n2)c(NCOC(F)(F)F)c1. The molecule has 40 heavy (non-hydrogen) atoms. The number of para-hydroxylation sites is 2. The quantitative estimate of drug-likeness (QED) is 0.122. The molecule has 0 aliphatic heterocycles. The molecule has 4 aromatic rings. The second-order valence-electron chi connectivity index (χ2n) is 8.25. The Morgan fingerprint density at radius 1 is 0.775 bits per heavy atom. The van der Waals surface area contributed by atoms with E-state index in [0.717, 1.165) is 30.2 Å². The van der Waals surface area contributed by atoms with Crippen LogP contribution in [-0.2, 0) is 4.74 Å². The zero-order valence-electron chi connectivity index (χ0n) is 21.9. The fraction of sp³-hybridized carbons (Fsp3) is 0.222. The van der Waals surface area contributed by atoms with Gasteiger partial charge in [0.15, 0.2) is 0 Å². The average molecular weight is 552 g/mol. The molecule has 0 bridgehead atoms. The van der Waals surface area contributed by atoms with Gasteiger partial charge >= 0.3 is 6.36 Å². The van der Waals surface area contributed by atoms with Crippen LogP contribution in [0.25, 0.3) is 0 Å². The molecule has 13 heteroatoms. The van der Waals surface area contributed by atoms with Gasteiger partial charge in [0, 0.05) is 30.2 Å². The minimum absolute atomic E-state index is 0.0165. The zero-order chi connectivity index (χ0) is 28.4. The molecule has 0 saturated carbocycles. The Balaban J connectivity index is 1.65. The Kier molecular flexibility index (Phi) is 9.41. The van der Waals surface area contributed by atoms with Gasteiger partial charge in [-0.1, -0.05) is 36.4 Å². The largest absolute Gasteiger partial charge is 0.524 e. The predicted molar refractivity (Wildman–Crippen MR) is 149 cm³/mol. The first-order valence-electron chi connectivity index (χ1n) is 12.5. The van der Waals surface area contributed by atoms with Crippen molar-refractivity contribution < 1.29 is 17.9 Å². The summed E-state index contributed by atoms with van der Waals surface area (Å²) in [5, 5.41) is 17.3. The lowest BCUT2D eigenvalue weighted by Crippen LogP contribution is -2.22. The van der Waals surface area contributed by atoms with Crippen molar-refractivity contribution in [3.05, 3.63) is 78.9 Å². The number of halogens is 3. The van der Waals surface area contributed by atoms with Crippen LogP contribution in [0.2, 0.25) is 0 Å². The summed E-state index contributed by atoms with van der Waals surface area (Å²) in [6, 6.07) is 23.8. The van der Waals surface area contributed by atoms with Crippen LogP contribution in [0.4, 0.5) is 59.5 Å². The molecule has 4 rings (SSSR count). The second-order valence-corrected chi connectivity index (χ2v) is 8.25. The number of nitrogens with zero attached hydrogens (tertiary/aromatic N) is 6. The monoisotopic (exact) mass is 551 g/mol. The first-order chi connectivity index (χ1) is 19.3. The van der Waals surface area contributed by atoms with E-state index in [-0.39, 0.29) is 23.5 Å². The molecule has 208 valence electrons. The molecular weight excluding hydrogens is 523 g/mol. The van der Waals surface area contributed by atoms with Crippen LogP contribution < -0.4 is 20.9 Å². The fourth-order valence-corrected chi connectivity index (χ4v) is 3.65. The molecule has 3 aromatic carbocycles. The maximum atomic E-state index is 12.6. The number of anilines is 6. The summed E-state index contributed by atoms with van der Waals surface area (Å²) in [7, 11) is 0. The summed E-state index contributed by atoms with van der Waals surface area (Å²) in [5.41, 5.74) is 2.90. The Bertz CT molecular complexity index is 1340. The van der Waals surface area contributed by atoms with Crippen molar-refractivity contribution in [2.24, 2.45) is 10.2 Å². The number of nitrogens with one attached hydrogen (secondary N) is 3. The molecule has 0 spiro atoms. The lowest BCUT2D eigenvalue weighted by Gasteiger charge is -2.22. The highest BCUT2D eigenvalue weighted by atomic mass is 19.4. The van der Waals surface area contributed by atoms with Crippen molar-refractivity contribution >= 4 is 46.3 Å². The van der Waals surface area contributed by atoms with Crippen molar-refractivity contribution in [2.75, 3.05) is 40.7 Å². The number of hydrogen-bond acceptors (Lipinski definition) is 10. The van der Waals surface area contributed by atoms with Crippen LogP contribution in [0, 0.1) is 0 Å². The highest BCUT2D eigenvalue weighted by Gasteiger charge is 2.28. The van der Waals surface area contributed by atoms with Crippen LogP contribution in [0.3, 0.4) is 0 Å². The summed E-state index contributed by atoms with van der Waals surface area (Å²) in [6.07, 6.45) is -4.78. The van der Waals surface area contributed by atoms with Gasteiger partial charge in [-0.3, -0.25) is 4.74 Å². The number of ether oxygens (including phenoxy) is 1. The van der Waals surface area contributed by atoms with Gasteiger partial charge in [0.05, 0.1) is 5.69 Å². The summed E-state index contributed by atoms with van der Waals surface area (Å²) >= 11 is 0. The molecule has 0 fully saturated rings.